The number of aliphatic hydroxyl groups is 1. The summed E-state index contributed by atoms with van der Waals surface area (Å²) in [6.45, 7) is 0. The predicted molar refractivity (Wildman–Crippen MR) is 102 cm³/mol. The molecular weight excluding hydrogens is 382 g/mol. The molecule has 148 valence electrons. The summed E-state index contributed by atoms with van der Waals surface area (Å²) in [6, 6.07) is 13.4. The van der Waals surface area contributed by atoms with Crippen LogP contribution in [-0.4, -0.2) is 48.6 Å². The Labute approximate surface area is 163 Å². The van der Waals surface area contributed by atoms with E-state index in [-0.39, 0.29) is 23.5 Å². The molecule has 2 aromatic carbocycles. The number of carboxylic acid groups (broad SMARTS) is 1. The highest BCUT2D eigenvalue weighted by molar-refractivity contribution is 7.89. The summed E-state index contributed by atoms with van der Waals surface area (Å²) in [6.07, 6.45) is -0.747. The third-order valence-corrected chi connectivity index (χ3v) is 6.77. The highest BCUT2D eigenvalue weighted by atomic mass is 32.2. The molecule has 8 heteroatoms. The molecule has 4 rings (SSSR count). The molecule has 1 aliphatic carbocycles. The first-order valence-corrected chi connectivity index (χ1v) is 10.8. The van der Waals surface area contributed by atoms with Gasteiger partial charge in [0.1, 0.15) is 17.4 Å². The summed E-state index contributed by atoms with van der Waals surface area (Å²) < 4.78 is 33.7. The molecule has 2 aromatic rings. The number of hydrogen-bond donors (Lipinski definition) is 3. The lowest BCUT2D eigenvalue weighted by Crippen LogP contribution is -2.44. The van der Waals surface area contributed by atoms with Gasteiger partial charge in [-0.25, -0.2) is 17.9 Å². The second kappa shape index (κ2) is 7.20. The molecule has 0 saturated heterocycles. The van der Waals surface area contributed by atoms with Crippen molar-refractivity contribution in [3.63, 3.8) is 0 Å². The molecular formula is C20H21NO6S. The second-order valence-corrected chi connectivity index (χ2v) is 9.09. The average molecular weight is 403 g/mol. The molecule has 1 saturated carbocycles. The number of aromatic carboxylic acids is 1. The quantitative estimate of drug-likeness (QED) is 0.674. The molecule has 4 unspecified atom stereocenters. The molecule has 4 atom stereocenters. The molecule has 1 aliphatic heterocycles. The second-order valence-electron chi connectivity index (χ2n) is 7.21. The summed E-state index contributed by atoms with van der Waals surface area (Å²) in [5.41, 5.74) is 1.59. The van der Waals surface area contributed by atoms with E-state index in [1.165, 1.54) is 6.07 Å². The van der Waals surface area contributed by atoms with Crippen LogP contribution in [-0.2, 0) is 16.4 Å². The maximum absolute atomic E-state index is 12.6. The molecule has 0 bridgehead atoms. The van der Waals surface area contributed by atoms with Gasteiger partial charge < -0.3 is 14.9 Å². The van der Waals surface area contributed by atoms with E-state index in [0.717, 1.165) is 5.56 Å². The first kappa shape index (κ1) is 18.9. The number of fused-ring (bicyclic) bond motifs is 3. The number of ether oxygens (including phenoxy) is 1. The molecule has 2 aliphatic rings. The topological polar surface area (TPSA) is 113 Å². The van der Waals surface area contributed by atoms with Gasteiger partial charge in [-0.05, 0) is 18.1 Å². The van der Waals surface area contributed by atoms with Crippen molar-refractivity contribution >= 4 is 16.0 Å². The lowest BCUT2D eigenvalue weighted by atomic mass is 9.93. The Morgan fingerprint density at radius 3 is 2.61 bits per heavy atom. The monoisotopic (exact) mass is 403 g/mol. The van der Waals surface area contributed by atoms with E-state index in [0.29, 0.717) is 12.0 Å². The SMILES string of the molecule is O=C(O)c1cccc2c1OC1CC(O)C(NS(=O)(=O)CCc3ccccc3)C21. The van der Waals surface area contributed by atoms with E-state index < -0.39 is 40.2 Å². The molecule has 28 heavy (non-hydrogen) atoms. The summed E-state index contributed by atoms with van der Waals surface area (Å²) in [5.74, 6) is -1.35. The van der Waals surface area contributed by atoms with Gasteiger partial charge in [-0.3, -0.25) is 0 Å². The Morgan fingerprint density at radius 2 is 1.89 bits per heavy atom. The summed E-state index contributed by atoms with van der Waals surface area (Å²) in [5, 5.41) is 19.8. The van der Waals surface area contributed by atoms with Crippen molar-refractivity contribution in [3.05, 3.63) is 65.2 Å². The van der Waals surface area contributed by atoms with Crippen molar-refractivity contribution in [2.75, 3.05) is 5.75 Å². The number of rotatable bonds is 6. The van der Waals surface area contributed by atoms with Crippen molar-refractivity contribution in [2.24, 2.45) is 0 Å². The van der Waals surface area contributed by atoms with Crippen LogP contribution >= 0.6 is 0 Å². The number of nitrogens with one attached hydrogen (secondary N) is 1. The van der Waals surface area contributed by atoms with Crippen LogP contribution in [0.1, 0.15) is 33.8 Å². The smallest absolute Gasteiger partial charge is 0.339 e. The van der Waals surface area contributed by atoms with Crippen molar-refractivity contribution in [3.8, 4) is 5.75 Å². The number of para-hydroxylation sites is 1. The molecule has 7 nitrogen and oxygen atoms in total. The molecule has 0 aromatic heterocycles. The Balaban J connectivity index is 1.54. The minimum atomic E-state index is -3.65. The van der Waals surface area contributed by atoms with Gasteiger partial charge in [0.25, 0.3) is 0 Å². The normalized spacial score (nSPS) is 25.8. The van der Waals surface area contributed by atoms with Crippen LogP contribution < -0.4 is 9.46 Å². The fraction of sp³-hybridized carbons (Fsp3) is 0.350. The number of benzene rings is 2. The van der Waals surface area contributed by atoms with E-state index in [4.69, 9.17) is 4.74 Å². The van der Waals surface area contributed by atoms with Crippen LogP contribution in [0.5, 0.6) is 5.75 Å². The van der Waals surface area contributed by atoms with Crippen LogP contribution in [0.3, 0.4) is 0 Å². The fourth-order valence-electron chi connectivity index (χ4n) is 4.10. The van der Waals surface area contributed by atoms with Crippen molar-refractivity contribution in [1.29, 1.82) is 0 Å². The van der Waals surface area contributed by atoms with Crippen LogP contribution in [0.2, 0.25) is 0 Å². The van der Waals surface area contributed by atoms with Gasteiger partial charge in [-0.1, -0.05) is 42.5 Å². The predicted octanol–water partition coefficient (Wildman–Crippen LogP) is 1.52. The third-order valence-electron chi connectivity index (χ3n) is 5.40. The van der Waals surface area contributed by atoms with Crippen molar-refractivity contribution < 1.29 is 28.2 Å². The Bertz CT molecular complexity index is 991. The van der Waals surface area contributed by atoms with Crippen LogP contribution in [0.4, 0.5) is 0 Å². The maximum Gasteiger partial charge on any atom is 0.339 e. The molecule has 0 amide bonds. The first-order valence-electron chi connectivity index (χ1n) is 9.10. The molecule has 0 spiro atoms. The van der Waals surface area contributed by atoms with Crippen LogP contribution in [0.25, 0.3) is 0 Å². The first-order chi connectivity index (χ1) is 13.4. The van der Waals surface area contributed by atoms with E-state index in [2.05, 4.69) is 4.72 Å². The van der Waals surface area contributed by atoms with Gasteiger partial charge in [0.2, 0.25) is 10.0 Å². The lowest BCUT2D eigenvalue weighted by molar-refractivity contribution is 0.0690. The summed E-state index contributed by atoms with van der Waals surface area (Å²) in [4.78, 5) is 11.4. The Kier molecular flexibility index (Phi) is 4.86. The zero-order valence-corrected chi connectivity index (χ0v) is 15.8. The average Bonchev–Trinajstić information content (AvgIpc) is 3.16. The largest absolute Gasteiger partial charge is 0.488 e. The van der Waals surface area contributed by atoms with Crippen molar-refractivity contribution in [2.45, 2.75) is 37.0 Å². The van der Waals surface area contributed by atoms with E-state index in [1.807, 2.05) is 30.3 Å². The number of aliphatic hydroxyl groups excluding tert-OH is 1. The Morgan fingerprint density at radius 1 is 1.14 bits per heavy atom. The van der Waals surface area contributed by atoms with Gasteiger partial charge in [-0.15, -0.1) is 0 Å². The Hall–Kier alpha value is -2.42. The molecule has 1 fully saturated rings. The third kappa shape index (κ3) is 3.50. The zero-order chi connectivity index (χ0) is 19.9. The number of aryl methyl sites for hydroxylation is 1. The minimum absolute atomic E-state index is 0.0482. The fourth-order valence-corrected chi connectivity index (χ4v) is 5.44. The minimum Gasteiger partial charge on any atom is -0.488 e. The number of carboxylic acids is 1. The lowest BCUT2D eigenvalue weighted by Gasteiger charge is -2.22. The van der Waals surface area contributed by atoms with Gasteiger partial charge in [-0.2, -0.15) is 0 Å². The van der Waals surface area contributed by atoms with Crippen LogP contribution in [0.15, 0.2) is 48.5 Å². The standard InChI is InChI=1S/C20H21NO6S/c22-15-11-16-17(13-7-4-8-14(20(23)24)19(13)27-16)18(15)21-28(25,26)10-9-12-5-2-1-3-6-12/h1-8,15-18,21-22H,9-11H2,(H,23,24). The zero-order valence-electron chi connectivity index (χ0n) is 15.0. The number of hydrogen-bond acceptors (Lipinski definition) is 5. The van der Waals surface area contributed by atoms with E-state index in [9.17, 15) is 23.4 Å². The summed E-state index contributed by atoms with van der Waals surface area (Å²) in [7, 11) is -3.65. The van der Waals surface area contributed by atoms with Gasteiger partial charge in [0, 0.05) is 17.9 Å². The molecule has 1 heterocycles. The molecule has 0 radical (unpaired) electrons. The molecule has 3 N–H and O–H groups in total. The summed E-state index contributed by atoms with van der Waals surface area (Å²) >= 11 is 0. The van der Waals surface area contributed by atoms with E-state index >= 15 is 0 Å². The van der Waals surface area contributed by atoms with Crippen LogP contribution in [0, 0.1) is 0 Å². The highest BCUT2D eigenvalue weighted by Crippen LogP contribution is 2.48. The van der Waals surface area contributed by atoms with Gasteiger partial charge >= 0.3 is 5.97 Å². The highest BCUT2D eigenvalue weighted by Gasteiger charge is 2.51. The van der Waals surface area contributed by atoms with Gasteiger partial charge in [0.15, 0.2) is 0 Å². The number of sulfonamides is 1. The maximum atomic E-state index is 12.6. The number of carbonyl (C=O) groups is 1. The van der Waals surface area contributed by atoms with Gasteiger partial charge in [0.05, 0.1) is 17.9 Å². The van der Waals surface area contributed by atoms with E-state index in [1.54, 1.807) is 12.1 Å². The van der Waals surface area contributed by atoms with Crippen molar-refractivity contribution in [1.82, 2.24) is 4.72 Å².